The van der Waals surface area contributed by atoms with Gasteiger partial charge in [-0.15, -0.1) is 11.3 Å². The summed E-state index contributed by atoms with van der Waals surface area (Å²) >= 11 is 1.22. The lowest BCUT2D eigenvalue weighted by molar-refractivity contribution is 0.216. The van der Waals surface area contributed by atoms with Gasteiger partial charge in [0.15, 0.2) is 0 Å². The van der Waals surface area contributed by atoms with Crippen molar-refractivity contribution in [2.45, 2.75) is 29.5 Å². The minimum absolute atomic E-state index is 0.124. The molecule has 0 spiro atoms. The van der Waals surface area contributed by atoms with Crippen molar-refractivity contribution in [3.63, 3.8) is 0 Å². The van der Waals surface area contributed by atoms with E-state index < -0.39 is 10.0 Å². The number of aliphatic hydroxyl groups is 1. The van der Waals surface area contributed by atoms with Gasteiger partial charge >= 0.3 is 0 Å². The summed E-state index contributed by atoms with van der Waals surface area (Å²) in [4.78, 5) is 0. The highest BCUT2D eigenvalue weighted by Gasteiger charge is 2.34. The second-order valence-electron chi connectivity index (χ2n) is 5.38. The molecule has 0 bridgehead atoms. The summed E-state index contributed by atoms with van der Waals surface area (Å²) < 4.78 is 27.6. The molecule has 1 aliphatic carbocycles. The molecule has 22 heavy (non-hydrogen) atoms. The number of hydrogen-bond acceptors (Lipinski definition) is 4. The highest BCUT2D eigenvalue weighted by molar-refractivity contribution is 7.91. The average molecular weight is 337 g/mol. The van der Waals surface area contributed by atoms with Crippen LogP contribution in [0.1, 0.15) is 30.0 Å². The Kier molecular flexibility index (Phi) is 4.63. The van der Waals surface area contributed by atoms with Gasteiger partial charge in [0.1, 0.15) is 4.21 Å². The third-order valence-corrected chi connectivity index (χ3v) is 7.35. The molecule has 0 radical (unpaired) electrons. The maximum Gasteiger partial charge on any atom is 0.253 e. The van der Waals surface area contributed by atoms with Crippen LogP contribution in [0.2, 0.25) is 0 Å². The van der Waals surface area contributed by atoms with Crippen molar-refractivity contribution < 1.29 is 13.5 Å². The van der Waals surface area contributed by atoms with Gasteiger partial charge in [-0.05, 0) is 41.8 Å². The number of benzene rings is 1. The van der Waals surface area contributed by atoms with E-state index in [9.17, 15) is 13.5 Å². The van der Waals surface area contributed by atoms with E-state index in [4.69, 9.17) is 0 Å². The zero-order chi connectivity index (χ0) is 15.6. The Hall–Kier alpha value is -1.21. The first-order chi connectivity index (χ1) is 10.6. The maximum absolute atomic E-state index is 12.9. The average Bonchev–Trinajstić information content (AvgIpc) is 3.07. The van der Waals surface area contributed by atoms with Gasteiger partial charge in [-0.25, -0.2) is 8.42 Å². The van der Waals surface area contributed by atoms with Crippen LogP contribution in [0, 0.1) is 0 Å². The van der Waals surface area contributed by atoms with Crippen LogP contribution in [0.4, 0.5) is 0 Å². The monoisotopic (exact) mass is 337 g/mol. The molecular formula is C16H19NO3S2. The first-order valence-corrected chi connectivity index (χ1v) is 9.70. The largest absolute Gasteiger partial charge is 0.395 e. The smallest absolute Gasteiger partial charge is 0.253 e. The van der Waals surface area contributed by atoms with Crippen molar-refractivity contribution in [1.29, 1.82) is 0 Å². The highest BCUT2D eigenvalue weighted by atomic mass is 32.2. The van der Waals surface area contributed by atoms with E-state index in [0.717, 1.165) is 24.8 Å². The number of nitrogens with zero attached hydrogens (tertiary/aromatic N) is 1. The van der Waals surface area contributed by atoms with Crippen molar-refractivity contribution >= 4 is 21.4 Å². The molecule has 0 saturated carbocycles. The summed E-state index contributed by atoms with van der Waals surface area (Å²) in [7, 11) is -3.57. The summed E-state index contributed by atoms with van der Waals surface area (Å²) in [6.45, 7) is -0.0531. The van der Waals surface area contributed by atoms with Gasteiger partial charge < -0.3 is 5.11 Å². The molecular weight excluding hydrogens is 318 g/mol. The molecule has 1 atom stereocenters. The van der Waals surface area contributed by atoms with E-state index in [0.29, 0.717) is 4.21 Å². The van der Waals surface area contributed by atoms with Gasteiger partial charge in [-0.2, -0.15) is 4.31 Å². The zero-order valence-electron chi connectivity index (χ0n) is 12.2. The minimum Gasteiger partial charge on any atom is -0.395 e. The summed E-state index contributed by atoms with van der Waals surface area (Å²) in [6, 6.07) is 11.2. The zero-order valence-corrected chi connectivity index (χ0v) is 13.8. The first-order valence-electron chi connectivity index (χ1n) is 7.38. The van der Waals surface area contributed by atoms with E-state index in [2.05, 4.69) is 6.07 Å². The lowest BCUT2D eigenvalue weighted by atomic mass is 9.88. The Morgan fingerprint density at radius 1 is 1.23 bits per heavy atom. The standard InChI is InChI=1S/C16H19NO3S2/c18-11-10-17(22(19,20)16-9-4-12-21-16)15-8-3-6-13-5-1-2-7-14(13)15/h1-2,4-5,7,9,12,15,18H,3,6,8,10-11H2. The molecule has 1 aromatic carbocycles. The maximum atomic E-state index is 12.9. The molecule has 1 aliphatic rings. The first kappa shape index (κ1) is 15.7. The Morgan fingerprint density at radius 3 is 2.77 bits per heavy atom. The van der Waals surface area contributed by atoms with Crippen LogP contribution in [-0.4, -0.2) is 31.0 Å². The summed E-state index contributed by atoms with van der Waals surface area (Å²) in [5.41, 5.74) is 2.28. The van der Waals surface area contributed by atoms with Crippen LogP contribution in [0.15, 0.2) is 46.0 Å². The van der Waals surface area contributed by atoms with Crippen molar-refractivity contribution in [3.05, 3.63) is 52.9 Å². The van der Waals surface area contributed by atoms with E-state index in [1.54, 1.807) is 17.5 Å². The fraction of sp³-hybridized carbons (Fsp3) is 0.375. The quantitative estimate of drug-likeness (QED) is 0.913. The van der Waals surface area contributed by atoms with Gasteiger partial charge in [-0.1, -0.05) is 30.3 Å². The van der Waals surface area contributed by atoms with Gasteiger partial charge in [-0.3, -0.25) is 0 Å². The normalized spacial score (nSPS) is 18.4. The number of sulfonamides is 1. The van der Waals surface area contributed by atoms with Crippen molar-refractivity contribution in [3.8, 4) is 0 Å². The van der Waals surface area contributed by atoms with Crippen molar-refractivity contribution in [1.82, 2.24) is 4.31 Å². The van der Waals surface area contributed by atoms with Crippen LogP contribution in [-0.2, 0) is 16.4 Å². The molecule has 4 nitrogen and oxygen atoms in total. The van der Waals surface area contributed by atoms with Gasteiger partial charge in [0.2, 0.25) is 0 Å². The lowest BCUT2D eigenvalue weighted by Gasteiger charge is -2.34. The van der Waals surface area contributed by atoms with Crippen LogP contribution < -0.4 is 0 Å². The highest BCUT2D eigenvalue weighted by Crippen LogP contribution is 2.37. The molecule has 2 aromatic rings. The second kappa shape index (κ2) is 6.50. The molecule has 1 heterocycles. The van der Waals surface area contributed by atoms with Crippen molar-refractivity contribution in [2.75, 3.05) is 13.2 Å². The Labute approximate surface area is 135 Å². The molecule has 118 valence electrons. The van der Waals surface area contributed by atoms with Gasteiger partial charge in [0.05, 0.1) is 12.6 Å². The predicted octanol–water partition coefficient (Wildman–Crippen LogP) is 2.81. The summed E-state index contributed by atoms with van der Waals surface area (Å²) in [5, 5.41) is 11.1. The molecule has 1 aromatic heterocycles. The summed E-state index contributed by atoms with van der Waals surface area (Å²) in [5.74, 6) is 0. The topological polar surface area (TPSA) is 57.6 Å². The van der Waals surface area contributed by atoms with E-state index in [1.807, 2.05) is 18.2 Å². The molecule has 0 amide bonds. The molecule has 0 aliphatic heterocycles. The molecule has 3 rings (SSSR count). The number of rotatable bonds is 5. The predicted molar refractivity (Wildman–Crippen MR) is 87.4 cm³/mol. The molecule has 6 heteroatoms. The third-order valence-electron chi connectivity index (χ3n) is 4.06. The molecule has 0 fully saturated rings. The van der Waals surface area contributed by atoms with E-state index in [1.165, 1.54) is 21.2 Å². The van der Waals surface area contributed by atoms with Crippen LogP contribution >= 0.6 is 11.3 Å². The molecule has 0 saturated heterocycles. The Morgan fingerprint density at radius 2 is 2.05 bits per heavy atom. The number of hydrogen-bond donors (Lipinski definition) is 1. The number of aryl methyl sites for hydroxylation is 1. The van der Waals surface area contributed by atoms with E-state index in [-0.39, 0.29) is 19.2 Å². The van der Waals surface area contributed by atoms with E-state index >= 15 is 0 Å². The minimum atomic E-state index is -3.57. The third kappa shape index (κ3) is 2.84. The lowest BCUT2D eigenvalue weighted by Crippen LogP contribution is -2.38. The van der Waals surface area contributed by atoms with Crippen molar-refractivity contribution in [2.24, 2.45) is 0 Å². The number of thiophene rings is 1. The van der Waals surface area contributed by atoms with Crippen LogP contribution in [0.25, 0.3) is 0 Å². The fourth-order valence-electron chi connectivity index (χ4n) is 3.10. The molecule has 1 N–H and O–H groups in total. The van der Waals surface area contributed by atoms with Gasteiger partial charge in [0.25, 0.3) is 10.0 Å². The van der Waals surface area contributed by atoms with Gasteiger partial charge in [0, 0.05) is 6.54 Å². The Balaban J connectivity index is 2.03. The molecule has 1 unspecified atom stereocenters. The SMILES string of the molecule is O=S(=O)(c1cccs1)N(CCO)C1CCCc2ccccc21. The second-order valence-corrected chi connectivity index (χ2v) is 8.44. The number of fused-ring (bicyclic) bond motifs is 1. The Bertz CT molecular complexity index is 726. The number of aliphatic hydroxyl groups excluding tert-OH is 1. The van der Waals surface area contributed by atoms with Crippen LogP contribution in [0.5, 0.6) is 0 Å². The fourth-order valence-corrected chi connectivity index (χ4v) is 5.84. The summed E-state index contributed by atoms with van der Waals surface area (Å²) in [6.07, 6.45) is 2.74. The van der Waals surface area contributed by atoms with Crippen LogP contribution in [0.3, 0.4) is 0 Å².